The molecule has 106 valence electrons. The zero-order chi connectivity index (χ0) is 13.2. The van der Waals surface area contributed by atoms with E-state index >= 15 is 0 Å². The summed E-state index contributed by atoms with van der Waals surface area (Å²) in [5, 5.41) is 0. The molecule has 1 aliphatic carbocycles. The zero-order valence-corrected chi connectivity index (χ0v) is 11.7. The maximum atomic E-state index is 6.03. The summed E-state index contributed by atoms with van der Waals surface area (Å²) in [6.45, 7) is 4.32. The van der Waals surface area contributed by atoms with Crippen molar-refractivity contribution in [2.24, 2.45) is 5.73 Å². The Bertz CT molecular complexity index is 273. The summed E-state index contributed by atoms with van der Waals surface area (Å²) >= 11 is 0. The van der Waals surface area contributed by atoms with Gasteiger partial charge in [-0.2, -0.15) is 0 Å². The van der Waals surface area contributed by atoms with Gasteiger partial charge in [0.05, 0.1) is 18.2 Å². The normalized spacial score (nSPS) is 32.5. The Morgan fingerprint density at radius 2 is 2.11 bits per heavy atom. The molecule has 2 fully saturated rings. The molecule has 0 aromatic heterocycles. The number of nitrogens with two attached hydrogens (primary N) is 1. The summed E-state index contributed by atoms with van der Waals surface area (Å²) in [4.78, 5) is 2.45. The fourth-order valence-corrected chi connectivity index (χ4v) is 3.51. The Morgan fingerprint density at radius 1 is 1.39 bits per heavy atom. The van der Waals surface area contributed by atoms with Crippen LogP contribution in [-0.2, 0) is 14.2 Å². The monoisotopic (exact) mass is 258 g/mol. The van der Waals surface area contributed by atoms with Crippen molar-refractivity contribution in [2.45, 2.75) is 50.2 Å². The van der Waals surface area contributed by atoms with Gasteiger partial charge in [0, 0.05) is 33.4 Å². The van der Waals surface area contributed by atoms with E-state index in [1.807, 2.05) is 0 Å². The molecule has 2 rings (SSSR count). The fraction of sp³-hybridized carbons (Fsp3) is 1.00. The first kappa shape index (κ1) is 14.2. The van der Waals surface area contributed by atoms with Gasteiger partial charge >= 0.3 is 0 Å². The van der Waals surface area contributed by atoms with Crippen molar-refractivity contribution in [1.29, 1.82) is 0 Å². The molecule has 3 atom stereocenters. The number of fused-ring (bicyclic) bond motifs is 1. The van der Waals surface area contributed by atoms with Gasteiger partial charge in [0.25, 0.3) is 0 Å². The van der Waals surface area contributed by atoms with E-state index in [0.29, 0.717) is 18.7 Å². The topological polar surface area (TPSA) is 57.0 Å². The Kier molecular flexibility index (Phi) is 4.61. The van der Waals surface area contributed by atoms with E-state index in [1.165, 1.54) is 12.8 Å². The first-order valence-corrected chi connectivity index (χ1v) is 6.81. The highest BCUT2D eigenvalue weighted by Gasteiger charge is 2.48. The summed E-state index contributed by atoms with van der Waals surface area (Å²) in [6, 6.07) is 0.458. The van der Waals surface area contributed by atoms with Crippen molar-refractivity contribution in [1.82, 2.24) is 4.90 Å². The van der Waals surface area contributed by atoms with Crippen LogP contribution >= 0.6 is 0 Å². The second-order valence-electron chi connectivity index (χ2n) is 5.47. The van der Waals surface area contributed by atoms with Gasteiger partial charge in [-0.1, -0.05) is 0 Å². The van der Waals surface area contributed by atoms with Crippen molar-refractivity contribution in [3.8, 4) is 0 Å². The first-order chi connectivity index (χ1) is 8.67. The summed E-state index contributed by atoms with van der Waals surface area (Å²) in [7, 11) is 3.35. The van der Waals surface area contributed by atoms with E-state index in [1.54, 1.807) is 14.2 Å². The second-order valence-corrected chi connectivity index (χ2v) is 5.47. The van der Waals surface area contributed by atoms with Crippen molar-refractivity contribution in [3.63, 3.8) is 0 Å². The number of morpholine rings is 1. The molecule has 0 radical (unpaired) electrons. The molecular weight excluding hydrogens is 232 g/mol. The maximum absolute atomic E-state index is 6.03. The minimum atomic E-state index is -0.304. The van der Waals surface area contributed by atoms with E-state index in [2.05, 4.69) is 11.8 Å². The minimum Gasteiger partial charge on any atom is -0.375 e. The van der Waals surface area contributed by atoms with Crippen LogP contribution in [0.2, 0.25) is 0 Å². The zero-order valence-electron chi connectivity index (χ0n) is 11.7. The molecule has 1 heterocycles. The van der Waals surface area contributed by atoms with Crippen molar-refractivity contribution >= 4 is 0 Å². The van der Waals surface area contributed by atoms with Gasteiger partial charge in [-0.15, -0.1) is 0 Å². The van der Waals surface area contributed by atoms with Gasteiger partial charge in [-0.3, -0.25) is 4.90 Å². The average Bonchev–Trinajstić information content (AvgIpc) is 2.87. The molecule has 0 bridgehead atoms. The summed E-state index contributed by atoms with van der Waals surface area (Å²) < 4.78 is 16.8. The third kappa shape index (κ3) is 2.30. The number of hydrogen-bond donors (Lipinski definition) is 1. The van der Waals surface area contributed by atoms with Crippen LogP contribution in [0, 0.1) is 0 Å². The van der Waals surface area contributed by atoms with Crippen LogP contribution in [0.3, 0.4) is 0 Å². The number of methoxy groups -OCH3 is 2. The van der Waals surface area contributed by atoms with Crippen LogP contribution in [0.1, 0.15) is 26.2 Å². The third-order valence-corrected chi connectivity index (χ3v) is 4.49. The lowest BCUT2D eigenvalue weighted by Crippen LogP contribution is -2.66. The molecular formula is C13H26N2O3. The highest BCUT2D eigenvalue weighted by atomic mass is 16.7. The van der Waals surface area contributed by atoms with Crippen LogP contribution in [0.25, 0.3) is 0 Å². The predicted octanol–water partition coefficient (Wildman–Crippen LogP) is 0.576. The van der Waals surface area contributed by atoms with E-state index in [-0.39, 0.29) is 11.8 Å². The summed E-state index contributed by atoms with van der Waals surface area (Å²) in [5.74, 6) is 0. The van der Waals surface area contributed by atoms with Gasteiger partial charge in [0.15, 0.2) is 6.29 Å². The number of rotatable bonds is 5. The van der Waals surface area contributed by atoms with E-state index < -0.39 is 0 Å². The molecule has 0 aromatic rings. The molecule has 1 saturated carbocycles. The van der Waals surface area contributed by atoms with Crippen molar-refractivity contribution in [3.05, 3.63) is 0 Å². The van der Waals surface area contributed by atoms with Crippen molar-refractivity contribution in [2.75, 3.05) is 33.9 Å². The molecule has 18 heavy (non-hydrogen) atoms. The van der Waals surface area contributed by atoms with Crippen LogP contribution < -0.4 is 5.73 Å². The van der Waals surface area contributed by atoms with Crippen LogP contribution in [-0.4, -0.2) is 62.8 Å². The summed E-state index contributed by atoms with van der Waals surface area (Å²) in [5.41, 5.74) is 5.74. The smallest absolute Gasteiger partial charge is 0.176 e. The van der Waals surface area contributed by atoms with E-state index in [4.69, 9.17) is 19.9 Å². The predicted molar refractivity (Wildman–Crippen MR) is 69.4 cm³/mol. The van der Waals surface area contributed by atoms with Crippen LogP contribution in [0.15, 0.2) is 0 Å². The molecule has 0 aromatic carbocycles. The van der Waals surface area contributed by atoms with Gasteiger partial charge in [-0.05, 0) is 26.2 Å². The standard InChI is InChI=1S/C13H26N2O3/c1-13(9-14,12(16-2)17-3)15-7-8-18-11-6-4-5-10(11)15/h10-12H,4-9,14H2,1-3H3. The SMILES string of the molecule is COC(OC)C(C)(CN)N1CCOC2CCCC21. The average molecular weight is 258 g/mol. The Labute approximate surface area is 110 Å². The molecule has 0 spiro atoms. The van der Waals surface area contributed by atoms with Crippen molar-refractivity contribution < 1.29 is 14.2 Å². The van der Waals surface area contributed by atoms with Gasteiger partial charge < -0.3 is 19.9 Å². The lowest BCUT2D eigenvalue weighted by atomic mass is 9.94. The van der Waals surface area contributed by atoms with Crippen LogP contribution in [0.4, 0.5) is 0 Å². The highest BCUT2D eigenvalue weighted by molar-refractivity contribution is 5.00. The fourth-order valence-electron chi connectivity index (χ4n) is 3.51. The minimum absolute atomic E-state index is 0.291. The van der Waals surface area contributed by atoms with E-state index in [9.17, 15) is 0 Å². The molecule has 3 unspecified atom stereocenters. The largest absolute Gasteiger partial charge is 0.375 e. The molecule has 2 aliphatic rings. The summed E-state index contributed by atoms with van der Waals surface area (Å²) in [6.07, 6.45) is 3.63. The van der Waals surface area contributed by atoms with Gasteiger partial charge in [0.1, 0.15) is 0 Å². The molecule has 0 amide bonds. The Morgan fingerprint density at radius 3 is 2.72 bits per heavy atom. The highest BCUT2D eigenvalue weighted by Crippen LogP contribution is 2.35. The molecule has 5 nitrogen and oxygen atoms in total. The lowest BCUT2D eigenvalue weighted by molar-refractivity contribution is -0.207. The number of nitrogens with zero attached hydrogens (tertiary/aromatic N) is 1. The molecule has 1 aliphatic heterocycles. The second kappa shape index (κ2) is 5.84. The Hall–Kier alpha value is -0.200. The third-order valence-electron chi connectivity index (χ3n) is 4.49. The number of hydrogen-bond acceptors (Lipinski definition) is 5. The molecule has 2 N–H and O–H groups in total. The van der Waals surface area contributed by atoms with Gasteiger partial charge in [0.2, 0.25) is 0 Å². The molecule has 5 heteroatoms. The quantitative estimate of drug-likeness (QED) is 0.731. The maximum Gasteiger partial charge on any atom is 0.176 e. The Balaban J connectivity index is 2.19. The van der Waals surface area contributed by atoms with E-state index in [0.717, 1.165) is 19.6 Å². The van der Waals surface area contributed by atoms with Crippen LogP contribution in [0.5, 0.6) is 0 Å². The molecule has 1 saturated heterocycles. The number of ether oxygens (including phenoxy) is 3. The lowest BCUT2D eigenvalue weighted by Gasteiger charge is -2.50. The first-order valence-electron chi connectivity index (χ1n) is 6.81. The van der Waals surface area contributed by atoms with Gasteiger partial charge in [-0.25, -0.2) is 0 Å².